The zero-order valence-corrected chi connectivity index (χ0v) is 24.4. The Hall–Kier alpha value is -3.20. The Labute approximate surface area is 246 Å². The van der Waals surface area contributed by atoms with Crippen molar-refractivity contribution in [1.29, 1.82) is 0 Å². The van der Waals surface area contributed by atoms with Gasteiger partial charge >= 0.3 is 5.97 Å². The summed E-state index contributed by atoms with van der Waals surface area (Å²) in [4.78, 5) is 30.8. The molecular formula is C33H39N3O4S. The molecule has 0 spiro atoms. The Morgan fingerprint density at radius 3 is 2.73 bits per heavy atom. The fraction of sp³-hybridized carbons (Fsp3) is 0.455. The molecule has 1 aliphatic carbocycles. The number of nitrogens with one attached hydrogen (secondary N) is 1. The Morgan fingerprint density at radius 2 is 1.95 bits per heavy atom. The molecular weight excluding hydrogens is 534 g/mol. The van der Waals surface area contributed by atoms with E-state index >= 15 is 0 Å². The lowest BCUT2D eigenvalue weighted by Crippen LogP contribution is -2.48. The van der Waals surface area contributed by atoms with Crippen LogP contribution in [0.1, 0.15) is 58.3 Å². The normalized spacial score (nSPS) is 22.0. The van der Waals surface area contributed by atoms with Crippen LogP contribution in [0.25, 0.3) is 11.1 Å². The summed E-state index contributed by atoms with van der Waals surface area (Å²) in [7, 11) is 1.75. The van der Waals surface area contributed by atoms with Gasteiger partial charge in [0.25, 0.3) is 0 Å². The van der Waals surface area contributed by atoms with Crippen molar-refractivity contribution in [2.75, 3.05) is 51.3 Å². The fourth-order valence-corrected chi connectivity index (χ4v) is 7.43. The minimum Gasteiger partial charge on any atom is -0.477 e. The lowest BCUT2D eigenvalue weighted by atomic mass is 9.79. The number of carboxylic acids is 1. The zero-order chi connectivity index (χ0) is 28.3. The smallest absolute Gasteiger partial charge is 0.345 e. The molecule has 3 heterocycles. The average Bonchev–Trinajstić information content (AvgIpc) is 3.60. The third kappa shape index (κ3) is 6.05. The van der Waals surface area contributed by atoms with Gasteiger partial charge in [0.1, 0.15) is 4.88 Å². The molecule has 1 saturated carbocycles. The minimum absolute atomic E-state index is 0.119. The predicted octanol–water partition coefficient (Wildman–Crippen LogP) is 5.44. The van der Waals surface area contributed by atoms with Gasteiger partial charge in [-0.15, -0.1) is 11.3 Å². The summed E-state index contributed by atoms with van der Waals surface area (Å²) in [6, 6.07) is 19.1. The molecule has 2 aromatic carbocycles. The average molecular weight is 574 g/mol. The molecule has 8 heteroatoms. The Kier molecular flexibility index (Phi) is 8.42. The fourth-order valence-electron chi connectivity index (χ4n) is 6.67. The quantitative estimate of drug-likeness (QED) is 0.298. The maximum absolute atomic E-state index is 14.4. The van der Waals surface area contributed by atoms with Gasteiger partial charge in [-0.25, -0.2) is 4.79 Å². The number of hydrogen-bond donors (Lipinski definition) is 2. The molecule has 1 aromatic heterocycles. The van der Waals surface area contributed by atoms with Crippen molar-refractivity contribution < 1.29 is 19.4 Å². The molecule has 2 fully saturated rings. The number of carboxylic acid groups (broad SMARTS) is 1. The van der Waals surface area contributed by atoms with Crippen LogP contribution < -0.4 is 10.2 Å². The molecule has 7 nitrogen and oxygen atoms in total. The van der Waals surface area contributed by atoms with Crippen LogP contribution >= 0.6 is 11.3 Å². The number of fused-ring (bicyclic) bond motifs is 1. The number of carbonyl (C=O) groups is 2. The van der Waals surface area contributed by atoms with Gasteiger partial charge in [0, 0.05) is 57.5 Å². The van der Waals surface area contributed by atoms with Crippen LogP contribution in [0.15, 0.2) is 60.0 Å². The third-order valence-corrected chi connectivity index (χ3v) is 9.80. The van der Waals surface area contributed by atoms with Gasteiger partial charge in [-0.05, 0) is 77.9 Å². The molecule has 2 aliphatic heterocycles. The van der Waals surface area contributed by atoms with Crippen LogP contribution in [0.5, 0.6) is 0 Å². The summed E-state index contributed by atoms with van der Waals surface area (Å²) in [6.45, 7) is 4.98. The first kappa shape index (κ1) is 27.9. The lowest BCUT2D eigenvalue weighted by molar-refractivity contribution is -0.137. The number of piperidine rings is 1. The van der Waals surface area contributed by atoms with Crippen LogP contribution in [-0.2, 0) is 9.53 Å². The number of rotatable bonds is 11. The molecule has 6 rings (SSSR count). The van der Waals surface area contributed by atoms with Crippen molar-refractivity contribution in [2.45, 2.75) is 43.6 Å². The third-order valence-electron chi connectivity index (χ3n) is 8.88. The molecule has 1 amide bonds. The van der Waals surface area contributed by atoms with Crippen molar-refractivity contribution in [3.05, 3.63) is 76.0 Å². The van der Waals surface area contributed by atoms with Gasteiger partial charge < -0.3 is 25.0 Å². The van der Waals surface area contributed by atoms with E-state index in [-0.39, 0.29) is 17.7 Å². The lowest BCUT2D eigenvalue weighted by Gasteiger charge is -2.37. The number of nitrogens with zero attached hydrogens (tertiary/aromatic N) is 2. The first-order valence-corrected chi connectivity index (χ1v) is 15.7. The zero-order valence-electron chi connectivity index (χ0n) is 23.6. The number of amides is 1. The van der Waals surface area contributed by atoms with E-state index in [0.717, 1.165) is 75.2 Å². The van der Waals surface area contributed by atoms with Gasteiger partial charge in [0.15, 0.2) is 0 Å². The van der Waals surface area contributed by atoms with Crippen molar-refractivity contribution >= 4 is 28.9 Å². The molecule has 0 radical (unpaired) electrons. The van der Waals surface area contributed by atoms with Gasteiger partial charge in [-0.1, -0.05) is 42.5 Å². The molecule has 1 saturated heterocycles. The van der Waals surface area contributed by atoms with Crippen LogP contribution in [0, 0.1) is 5.92 Å². The van der Waals surface area contributed by atoms with Crippen LogP contribution in [-0.4, -0.2) is 74.4 Å². The van der Waals surface area contributed by atoms with Gasteiger partial charge in [-0.2, -0.15) is 0 Å². The molecule has 41 heavy (non-hydrogen) atoms. The summed E-state index contributed by atoms with van der Waals surface area (Å²) in [5.74, 6) is -0.313. The summed E-state index contributed by atoms with van der Waals surface area (Å²) in [6.07, 6.45) is 4.06. The van der Waals surface area contributed by atoms with E-state index in [1.807, 2.05) is 17.5 Å². The summed E-state index contributed by atoms with van der Waals surface area (Å²) >= 11 is 1.25. The van der Waals surface area contributed by atoms with Gasteiger partial charge in [0.2, 0.25) is 5.91 Å². The van der Waals surface area contributed by atoms with Gasteiger partial charge in [0.05, 0.1) is 5.92 Å². The molecule has 3 aromatic rings. The summed E-state index contributed by atoms with van der Waals surface area (Å²) in [5, 5.41) is 14.8. The highest BCUT2D eigenvalue weighted by molar-refractivity contribution is 7.12. The summed E-state index contributed by atoms with van der Waals surface area (Å²) < 4.78 is 5.30. The van der Waals surface area contributed by atoms with Crippen LogP contribution in [0.3, 0.4) is 0 Å². The van der Waals surface area contributed by atoms with Crippen LogP contribution in [0.4, 0.5) is 5.69 Å². The monoisotopic (exact) mass is 573 g/mol. The number of para-hydroxylation sites is 1. The van der Waals surface area contributed by atoms with Crippen molar-refractivity contribution in [1.82, 2.24) is 10.2 Å². The number of carbonyl (C=O) groups excluding carboxylic acids is 1. The van der Waals surface area contributed by atoms with E-state index in [2.05, 4.69) is 51.5 Å². The van der Waals surface area contributed by atoms with Crippen LogP contribution in [0.2, 0.25) is 0 Å². The molecule has 3 atom stereocenters. The van der Waals surface area contributed by atoms with E-state index in [1.54, 1.807) is 13.2 Å². The number of thiophene rings is 1. The molecule has 3 aliphatic rings. The molecule has 216 valence electrons. The standard InChI is InChI=1S/C33H39N3O4S/c1-40-15-5-14-35-19-25(28-8-2-3-9-30(28)35)20-36(26-10-11-26)32(37)29-18-34-13-12-27(29)23-7-4-6-22(16-23)24-17-31(33(38)39)41-21-24/h2-4,6-9,16-17,21,25-27,29,34H,5,10-15,18-20H2,1H3,(H,38,39)/t25?,27-,29+/m1/s1. The first-order chi connectivity index (χ1) is 20.0. The van der Waals surface area contributed by atoms with Gasteiger partial charge in [-0.3, -0.25) is 4.79 Å². The topological polar surface area (TPSA) is 82.1 Å². The van der Waals surface area contributed by atoms with E-state index in [1.165, 1.54) is 22.6 Å². The second-order valence-corrected chi connectivity index (χ2v) is 12.5. The second kappa shape index (κ2) is 12.3. The number of aromatic carboxylic acids is 1. The van der Waals surface area contributed by atoms with E-state index < -0.39 is 5.97 Å². The molecule has 2 N–H and O–H groups in total. The maximum atomic E-state index is 14.4. The Bertz CT molecular complexity index is 1390. The minimum atomic E-state index is -0.899. The summed E-state index contributed by atoms with van der Waals surface area (Å²) in [5.41, 5.74) is 5.74. The highest BCUT2D eigenvalue weighted by Crippen LogP contribution is 2.41. The largest absolute Gasteiger partial charge is 0.477 e. The first-order valence-electron chi connectivity index (χ1n) is 14.8. The highest BCUT2D eigenvalue weighted by atomic mass is 32.1. The molecule has 1 unspecified atom stereocenters. The number of anilines is 1. The van der Waals surface area contributed by atoms with E-state index in [0.29, 0.717) is 23.4 Å². The maximum Gasteiger partial charge on any atom is 0.345 e. The number of hydrogen-bond acceptors (Lipinski definition) is 6. The SMILES string of the molecule is COCCCN1CC(CN(C(=O)[C@H]2CNCC[C@@H]2c2cccc(-c3csc(C(=O)O)c3)c2)C2CC2)c2ccccc21. The second-order valence-electron chi connectivity index (χ2n) is 11.6. The highest BCUT2D eigenvalue weighted by Gasteiger charge is 2.42. The predicted molar refractivity (Wildman–Crippen MR) is 163 cm³/mol. The number of ether oxygens (including phenoxy) is 1. The number of methoxy groups -OCH3 is 1. The molecule has 0 bridgehead atoms. The van der Waals surface area contributed by atoms with Crippen molar-refractivity contribution in [3.8, 4) is 11.1 Å². The van der Waals surface area contributed by atoms with E-state index in [9.17, 15) is 14.7 Å². The number of benzene rings is 2. The van der Waals surface area contributed by atoms with E-state index in [4.69, 9.17) is 4.74 Å². The van der Waals surface area contributed by atoms with Crippen molar-refractivity contribution in [3.63, 3.8) is 0 Å². The Balaban J connectivity index is 1.22. The van der Waals surface area contributed by atoms with Crippen molar-refractivity contribution in [2.24, 2.45) is 5.92 Å². The Morgan fingerprint density at radius 1 is 1.10 bits per heavy atom.